The van der Waals surface area contributed by atoms with Crippen molar-refractivity contribution in [1.82, 2.24) is 9.80 Å². The number of benzene rings is 1. The molecule has 132 valence electrons. The Balaban J connectivity index is 1.77. The van der Waals surface area contributed by atoms with Crippen LogP contribution in [0.1, 0.15) is 25.3 Å². The summed E-state index contributed by atoms with van der Waals surface area (Å²) in [5.74, 6) is 0.427. The average molecular weight is 353 g/mol. The number of ether oxygens (including phenoxy) is 1. The van der Waals surface area contributed by atoms with Crippen molar-refractivity contribution >= 4 is 23.6 Å². The van der Waals surface area contributed by atoms with Gasteiger partial charge in [0.2, 0.25) is 5.91 Å². The highest BCUT2D eigenvalue weighted by Gasteiger charge is 2.25. The number of carbonyl (C=O) groups excluding carboxylic acids is 2. The number of halogens is 1. The molecule has 1 aliphatic rings. The van der Waals surface area contributed by atoms with Gasteiger partial charge in [-0.1, -0.05) is 30.3 Å². The maximum absolute atomic E-state index is 12.3. The first-order valence-corrected chi connectivity index (χ1v) is 8.96. The largest absolute Gasteiger partial charge is 0.445 e. The highest BCUT2D eigenvalue weighted by Crippen LogP contribution is 2.19. The fraction of sp³-hybridized carbons (Fsp3) is 0.556. The Morgan fingerprint density at radius 3 is 2.50 bits per heavy atom. The lowest BCUT2D eigenvalue weighted by Crippen LogP contribution is -2.43. The Hall–Kier alpha value is -1.75. The second-order valence-corrected chi connectivity index (χ2v) is 6.30. The van der Waals surface area contributed by atoms with Gasteiger partial charge in [-0.15, -0.1) is 11.6 Å². The van der Waals surface area contributed by atoms with E-state index >= 15 is 0 Å². The minimum absolute atomic E-state index is 0.00950. The van der Waals surface area contributed by atoms with E-state index in [1.165, 1.54) is 0 Å². The van der Waals surface area contributed by atoms with E-state index in [-0.39, 0.29) is 17.9 Å². The van der Waals surface area contributed by atoms with Gasteiger partial charge in [-0.2, -0.15) is 0 Å². The molecule has 0 spiro atoms. The molecule has 1 fully saturated rings. The average Bonchev–Trinajstić information content (AvgIpc) is 2.64. The number of rotatable bonds is 6. The molecule has 0 aliphatic carbocycles. The van der Waals surface area contributed by atoms with E-state index in [0.29, 0.717) is 38.7 Å². The summed E-state index contributed by atoms with van der Waals surface area (Å²) >= 11 is 5.59. The maximum atomic E-state index is 12.3. The molecule has 2 rings (SSSR count). The molecule has 6 heteroatoms. The molecule has 0 bridgehead atoms. The molecular formula is C18H25ClN2O3. The number of alkyl halides is 1. The highest BCUT2D eigenvalue weighted by molar-refractivity contribution is 6.27. The standard InChI is InChI=1S/C18H25ClN2O3/c1-2-20(18(23)24-14-16-6-4-3-5-7-16)13-15-8-10-21(11-9-15)17(22)12-19/h3-7,15H,2,8-14H2,1H3. The third-order valence-corrected chi connectivity index (χ3v) is 4.63. The van der Waals surface area contributed by atoms with Gasteiger partial charge in [0, 0.05) is 26.2 Å². The first-order chi connectivity index (χ1) is 11.6. The predicted octanol–water partition coefficient (Wildman–Crippen LogP) is 3.12. The van der Waals surface area contributed by atoms with Gasteiger partial charge in [-0.05, 0) is 31.2 Å². The molecule has 0 aromatic heterocycles. The number of nitrogens with zero attached hydrogens (tertiary/aromatic N) is 2. The van der Waals surface area contributed by atoms with E-state index in [9.17, 15) is 9.59 Å². The molecule has 1 aromatic carbocycles. The van der Waals surface area contributed by atoms with Crippen LogP contribution in [0.15, 0.2) is 30.3 Å². The van der Waals surface area contributed by atoms with Crippen LogP contribution >= 0.6 is 11.6 Å². The van der Waals surface area contributed by atoms with Crippen LogP contribution in [-0.2, 0) is 16.1 Å². The molecule has 24 heavy (non-hydrogen) atoms. The number of hydrogen-bond acceptors (Lipinski definition) is 3. The summed E-state index contributed by atoms with van der Waals surface area (Å²) in [5.41, 5.74) is 0.981. The number of piperidine rings is 1. The van der Waals surface area contributed by atoms with Crippen LogP contribution in [0.3, 0.4) is 0 Å². The van der Waals surface area contributed by atoms with Gasteiger partial charge in [0.25, 0.3) is 0 Å². The summed E-state index contributed by atoms with van der Waals surface area (Å²) in [5, 5.41) is 0. The molecule has 1 saturated heterocycles. The number of carbonyl (C=O) groups is 2. The van der Waals surface area contributed by atoms with Crippen LogP contribution in [0.25, 0.3) is 0 Å². The van der Waals surface area contributed by atoms with Crippen LogP contribution in [0.5, 0.6) is 0 Å². The van der Waals surface area contributed by atoms with Crippen molar-refractivity contribution < 1.29 is 14.3 Å². The first-order valence-electron chi connectivity index (χ1n) is 8.43. The van der Waals surface area contributed by atoms with Crippen molar-refractivity contribution in [3.05, 3.63) is 35.9 Å². The maximum Gasteiger partial charge on any atom is 0.410 e. The van der Waals surface area contributed by atoms with E-state index < -0.39 is 0 Å². The smallest absolute Gasteiger partial charge is 0.410 e. The van der Waals surface area contributed by atoms with Crippen LogP contribution in [0, 0.1) is 5.92 Å². The molecule has 1 aliphatic heterocycles. The summed E-state index contributed by atoms with van der Waals surface area (Å²) in [4.78, 5) is 27.4. The number of amides is 2. The van der Waals surface area contributed by atoms with E-state index in [1.54, 1.807) is 9.80 Å². The van der Waals surface area contributed by atoms with Crippen molar-refractivity contribution in [3.63, 3.8) is 0 Å². The highest BCUT2D eigenvalue weighted by atomic mass is 35.5. The molecule has 5 nitrogen and oxygen atoms in total. The molecule has 1 aromatic rings. The van der Waals surface area contributed by atoms with Gasteiger partial charge in [0.05, 0.1) is 0 Å². The quantitative estimate of drug-likeness (QED) is 0.739. The SMILES string of the molecule is CCN(CC1CCN(C(=O)CCl)CC1)C(=O)OCc1ccccc1. The van der Waals surface area contributed by atoms with Crippen LogP contribution in [-0.4, -0.2) is 53.9 Å². The van der Waals surface area contributed by atoms with Gasteiger partial charge in [-0.3, -0.25) is 4.79 Å². The van der Waals surface area contributed by atoms with Gasteiger partial charge in [0.1, 0.15) is 12.5 Å². The van der Waals surface area contributed by atoms with E-state index in [1.807, 2.05) is 37.3 Å². The zero-order valence-electron chi connectivity index (χ0n) is 14.1. The van der Waals surface area contributed by atoms with E-state index in [2.05, 4.69) is 0 Å². The monoisotopic (exact) mass is 352 g/mol. The van der Waals surface area contributed by atoms with Crippen molar-refractivity contribution in [2.75, 3.05) is 32.1 Å². The Morgan fingerprint density at radius 1 is 1.25 bits per heavy atom. The third kappa shape index (κ3) is 5.41. The molecule has 0 atom stereocenters. The van der Waals surface area contributed by atoms with E-state index in [0.717, 1.165) is 18.4 Å². The summed E-state index contributed by atoms with van der Waals surface area (Å²) in [6, 6.07) is 9.67. The summed E-state index contributed by atoms with van der Waals surface area (Å²) < 4.78 is 5.40. The Labute approximate surface area is 148 Å². The molecule has 2 amide bonds. The van der Waals surface area contributed by atoms with Crippen molar-refractivity contribution in [1.29, 1.82) is 0 Å². The number of likely N-dealkylation sites (tertiary alicyclic amines) is 1. The fourth-order valence-electron chi connectivity index (χ4n) is 2.90. The zero-order valence-corrected chi connectivity index (χ0v) is 14.9. The molecule has 1 heterocycles. The Bertz CT molecular complexity index is 530. The Morgan fingerprint density at radius 2 is 1.92 bits per heavy atom. The van der Waals surface area contributed by atoms with Crippen LogP contribution in [0.2, 0.25) is 0 Å². The molecule has 0 N–H and O–H groups in total. The Kier molecular flexibility index (Phi) is 7.37. The van der Waals surface area contributed by atoms with Gasteiger partial charge in [-0.25, -0.2) is 4.79 Å². The van der Waals surface area contributed by atoms with Crippen molar-refractivity contribution in [2.24, 2.45) is 5.92 Å². The van der Waals surface area contributed by atoms with Gasteiger partial charge in [0.15, 0.2) is 0 Å². The number of hydrogen-bond donors (Lipinski definition) is 0. The first kappa shape index (κ1) is 18.6. The lowest BCUT2D eigenvalue weighted by atomic mass is 9.96. The minimum Gasteiger partial charge on any atom is -0.445 e. The van der Waals surface area contributed by atoms with Crippen LogP contribution < -0.4 is 0 Å². The molecule has 0 radical (unpaired) electrons. The van der Waals surface area contributed by atoms with Crippen LogP contribution in [0.4, 0.5) is 4.79 Å². The fourth-order valence-corrected chi connectivity index (χ4v) is 3.07. The van der Waals surface area contributed by atoms with Crippen molar-refractivity contribution in [3.8, 4) is 0 Å². The summed E-state index contributed by atoms with van der Waals surface area (Å²) in [6.07, 6.45) is 1.51. The normalized spacial score (nSPS) is 15.2. The second kappa shape index (κ2) is 9.52. The minimum atomic E-state index is -0.277. The predicted molar refractivity (Wildman–Crippen MR) is 93.9 cm³/mol. The third-order valence-electron chi connectivity index (χ3n) is 4.41. The second-order valence-electron chi connectivity index (χ2n) is 6.04. The lowest BCUT2D eigenvalue weighted by molar-refractivity contribution is -0.129. The summed E-state index contributed by atoms with van der Waals surface area (Å²) in [6.45, 7) is 4.97. The molecule has 0 saturated carbocycles. The van der Waals surface area contributed by atoms with Gasteiger partial charge < -0.3 is 14.5 Å². The lowest BCUT2D eigenvalue weighted by Gasteiger charge is -2.34. The van der Waals surface area contributed by atoms with E-state index in [4.69, 9.17) is 16.3 Å². The summed E-state index contributed by atoms with van der Waals surface area (Å²) in [7, 11) is 0. The zero-order chi connectivity index (χ0) is 17.4. The molecular weight excluding hydrogens is 328 g/mol. The molecule has 0 unspecified atom stereocenters. The topological polar surface area (TPSA) is 49.9 Å². The van der Waals surface area contributed by atoms with Crippen molar-refractivity contribution in [2.45, 2.75) is 26.4 Å². The van der Waals surface area contributed by atoms with Gasteiger partial charge >= 0.3 is 6.09 Å².